The van der Waals surface area contributed by atoms with Gasteiger partial charge in [-0.15, -0.1) is 0 Å². The Hall–Kier alpha value is -0.0400. The van der Waals surface area contributed by atoms with Gasteiger partial charge >= 0.3 is 0 Å². The molecule has 2 bridgehead atoms. The number of fused-ring (bicyclic) bond motifs is 2. The first-order valence-corrected chi connectivity index (χ1v) is 4.53. The average Bonchev–Trinajstić information content (AvgIpc) is 2.44. The van der Waals surface area contributed by atoms with Crippen LogP contribution in [0.25, 0.3) is 0 Å². The lowest BCUT2D eigenvalue weighted by atomic mass is 9.84. The molecule has 58 valence electrons. The number of rotatable bonds is 1. The predicted octanol–water partition coefficient (Wildman–Crippen LogP) is 1.77. The number of hydrogen-bond donors (Lipinski definition) is 1. The van der Waals surface area contributed by atoms with Crippen molar-refractivity contribution in [1.29, 1.82) is 0 Å². The van der Waals surface area contributed by atoms with Crippen molar-refractivity contribution in [2.45, 2.75) is 38.6 Å². The molecule has 10 heavy (non-hydrogen) atoms. The Bertz CT molecular complexity index is 131. The van der Waals surface area contributed by atoms with Gasteiger partial charge in [0.15, 0.2) is 0 Å². The van der Waals surface area contributed by atoms with E-state index in [1.165, 1.54) is 25.7 Å². The van der Waals surface area contributed by atoms with E-state index in [4.69, 9.17) is 5.73 Å². The second-order valence-corrected chi connectivity index (χ2v) is 4.20. The molecule has 2 aliphatic rings. The minimum Gasteiger partial charge on any atom is -0.328 e. The maximum absolute atomic E-state index is 5.88. The van der Waals surface area contributed by atoms with Crippen LogP contribution in [0.4, 0.5) is 0 Å². The van der Waals surface area contributed by atoms with E-state index in [9.17, 15) is 0 Å². The second kappa shape index (κ2) is 2.23. The molecule has 0 radical (unpaired) electrons. The molecule has 0 unspecified atom stereocenters. The van der Waals surface area contributed by atoms with Crippen LogP contribution in [0.3, 0.4) is 0 Å². The van der Waals surface area contributed by atoms with Gasteiger partial charge in [-0.2, -0.15) is 0 Å². The molecule has 2 fully saturated rings. The zero-order valence-corrected chi connectivity index (χ0v) is 6.72. The summed E-state index contributed by atoms with van der Waals surface area (Å²) >= 11 is 0. The molecule has 0 aromatic carbocycles. The van der Waals surface area contributed by atoms with Gasteiger partial charge in [0.2, 0.25) is 0 Å². The summed E-state index contributed by atoms with van der Waals surface area (Å²) in [5, 5.41) is 0. The van der Waals surface area contributed by atoms with Gasteiger partial charge in [-0.3, -0.25) is 0 Å². The second-order valence-electron chi connectivity index (χ2n) is 4.20. The molecule has 0 aliphatic heterocycles. The largest absolute Gasteiger partial charge is 0.328 e. The number of nitrogens with two attached hydrogens (primary N) is 1. The van der Waals surface area contributed by atoms with Crippen molar-refractivity contribution >= 4 is 0 Å². The highest BCUT2D eigenvalue weighted by atomic mass is 14.7. The molecule has 2 aliphatic carbocycles. The minimum absolute atomic E-state index is 0.454. The first-order valence-electron chi connectivity index (χ1n) is 4.53. The van der Waals surface area contributed by atoms with Crippen LogP contribution in [-0.2, 0) is 0 Å². The van der Waals surface area contributed by atoms with Crippen LogP contribution in [0.15, 0.2) is 0 Å². The monoisotopic (exact) mass is 139 g/mol. The SMILES string of the molecule is C[C@@H](N)[C@H]1C[C@H]2CC[C@@H]1C2. The third-order valence-electron chi connectivity index (χ3n) is 3.47. The fourth-order valence-corrected chi connectivity index (χ4v) is 2.94. The summed E-state index contributed by atoms with van der Waals surface area (Å²) in [5.74, 6) is 2.93. The Labute approximate surface area is 63.0 Å². The first kappa shape index (κ1) is 6.66. The Balaban J connectivity index is 2.02. The van der Waals surface area contributed by atoms with Crippen LogP contribution in [0.1, 0.15) is 32.6 Å². The van der Waals surface area contributed by atoms with Crippen LogP contribution in [0, 0.1) is 17.8 Å². The van der Waals surface area contributed by atoms with Crippen LogP contribution >= 0.6 is 0 Å². The minimum atomic E-state index is 0.454. The van der Waals surface area contributed by atoms with Gasteiger partial charge in [0.25, 0.3) is 0 Å². The Kier molecular flexibility index (Phi) is 1.48. The van der Waals surface area contributed by atoms with Gasteiger partial charge in [-0.25, -0.2) is 0 Å². The van der Waals surface area contributed by atoms with E-state index in [0.717, 1.165) is 17.8 Å². The Morgan fingerprint density at radius 3 is 2.40 bits per heavy atom. The van der Waals surface area contributed by atoms with Crippen molar-refractivity contribution in [2.75, 3.05) is 0 Å². The van der Waals surface area contributed by atoms with E-state index in [0.29, 0.717) is 6.04 Å². The quantitative estimate of drug-likeness (QED) is 0.588. The maximum atomic E-state index is 5.88. The zero-order valence-electron chi connectivity index (χ0n) is 6.72. The molecule has 0 amide bonds. The molecule has 0 saturated heterocycles. The number of hydrogen-bond acceptors (Lipinski definition) is 1. The van der Waals surface area contributed by atoms with Gasteiger partial charge in [0.1, 0.15) is 0 Å². The van der Waals surface area contributed by atoms with Crippen molar-refractivity contribution in [3.05, 3.63) is 0 Å². The van der Waals surface area contributed by atoms with Gasteiger partial charge in [-0.1, -0.05) is 6.42 Å². The Morgan fingerprint density at radius 1 is 1.30 bits per heavy atom. The van der Waals surface area contributed by atoms with Gasteiger partial charge < -0.3 is 5.73 Å². The molecule has 4 atom stereocenters. The average molecular weight is 139 g/mol. The fraction of sp³-hybridized carbons (Fsp3) is 1.00. The molecular weight excluding hydrogens is 122 g/mol. The molecule has 0 aromatic rings. The van der Waals surface area contributed by atoms with Crippen molar-refractivity contribution in [3.8, 4) is 0 Å². The lowest BCUT2D eigenvalue weighted by Crippen LogP contribution is -2.30. The van der Waals surface area contributed by atoms with Crippen LogP contribution in [-0.4, -0.2) is 6.04 Å². The van der Waals surface area contributed by atoms with E-state index in [-0.39, 0.29) is 0 Å². The molecule has 1 heteroatoms. The highest BCUT2D eigenvalue weighted by Crippen LogP contribution is 2.49. The van der Waals surface area contributed by atoms with E-state index >= 15 is 0 Å². The molecular formula is C9H17N. The first-order chi connectivity index (χ1) is 4.77. The summed E-state index contributed by atoms with van der Waals surface area (Å²) in [5.41, 5.74) is 5.88. The van der Waals surface area contributed by atoms with Crippen molar-refractivity contribution in [2.24, 2.45) is 23.5 Å². The summed E-state index contributed by atoms with van der Waals surface area (Å²) < 4.78 is 0. The molecule has 2 saturated carbocycles. The zero-order chi connectivity index (χ0) is 7.14. The predicted molar refractivity (Wildman–Crippen MR) is 42.6 cm³/mol. The topological polar surface area (TPSA) is 26.0 Å². The highest BCUT2D eigenvalue weighted by Gasteiger charge is 2.40. The van der Waals surface area contributed by atoms with Crippen LogP contribution in [0.2, 0.25) is 0 Å². The van der Waals surface area contributed by atoms with Crippen molar-refractivity contribution < 1.29 is 0 Å². The molecule has 0 aromatic heterocycles. The van der Waals surface area contributed by atoms with E-state index in [1.807, 2.05) is 0 Å². The van der Waals surface area contributed by atoms with E-state index < -0.39 is 0 Å². The summed E-state index contributed by atoms with van der Waals surface area (Å²) in [7, 11) is 0. The maximum Gasteiger partial charge on any atom is 0.00415 e. The van der Waals surface area contributed by atoms with Crippen molar-refractivity contribution in [1.82, 2.24) is 0 Å². The third kappa shape index (κ3) is 0.878. The molecule has 2 N–H and O–H groups in total. The summed E-state index contributed by atoms with van der Waals surface area (Å²) in [6.45, 7) is 2.17. The third-order valence-corrected chi connectivity index (χ3v) is 3.47. The lowest BCUT2D eigenvalue weighted by Gasteiger charge is -2.24. The fourth-order valence-electron chi connectivity index (χ4n) is 2.94. The molecule has 2 rings (SSSR count). The lowest BCUT2D eigenvalue weighted by molar-refractivity contribution is 0.293. The molecule has 0 spiro atoms. The standard InChI is InChI=1S/C9H17N/c1-6(10)9-5-7-2-3-8(9)4-7/h6-9H,2-5,10H2,1H3/t6-,7+,8-,9-/m1/s1. The molecule has 0 heterocycles. The summed E-state index contributed by atoms with van der Waals surface area (Å²) in [4.78, 5) is 0. The van der Waals surface area contributed by atoms with Gasteiger partial charge in [-0.05, 0) is 43.9 Å². The molecule has 1 nitrogen and oxygen atoms in total. The van der Waals surface area contributed by atoms with Crippen molar-refractivity contribution in [3.63, 3.8) is 0 Å². The Morgan fingerprint density at radius 2 is 2.10 bits per heavy atom. The summed E-state index contributed by atoms with van der Waals surface area (Å²) in [6, 6.07) is 0.454. The normalized spacial score (nSPS) is 48.0. The van der Waals surface area contributed by atoms with Crippen LogP contribution < -0.4 is 5.73 Å². The van der Waals surface area contributed by atoms with E-state index in [1.54, 1.807) is 0 Å². The van der Waals surface area contributed by atoms with Gasteiger partial charge in [0.05, 0.1) is 0 Å². The summed E-state index contributed by atoms with van der Waals surface area (Å²) in [6.07, 6.45) is 5.89. The van der Waals surface area contributed by atoms with Gasteiger partial charge in [0, 0.05) is 6.04 Å². The van der Waals surface area contributed by atoms with E-state index in [2.05, 4.69) is 6.92 Å². The van der Waals surface area contributed by atoms with Crippen LogP contribution in [0.5, 0.6) is 0 Å². The smallest absolute Gasteiger partial charge is 0.00415 e. The highest BCUT2D eigenvalue weighted by molar-refractivity contribution is 4.92.